The van der Waals surface area contributed by atoms with Gasteiger partial charge in [0.25, 0.3) is 5.91 Å². The Morgan fingerprint density at radius 3 is 2.61 bits per heavy atom. The summed E-state index contributed by atoms with van der Waals surface area (Å²) < 4.78 is 0. The molecule has 1 aromatic rings. The molecule has 0 bridgehead atoms. The van der Waals surface area contributed by atoms with Gasteiger partial charge in [-0.3, -0.25) is 4.79 Å². The maximum Gasteiger partial charge on any atom is 0.291 e. The van der Waals surface area contributed by atoms with Crippen molar-refractivity contribution in [2.45, 2.75) is 40.0 Å². The van der Waals surface area contributed by atoms with Gasteiger partial charge in [0.2, 0.25) is 0 Å². The van der Waals surface area contributed by atoms with Gasteiger partial charge in [0.05, 0.1) is 10.7 Å². The minimum Gasteiger partial charge on any atom is -0.396 e. The number of nitrogens with one attached hydrogen (secondary N) is 1. The Bertz CT molecular complexity index is 673. The van der Waals surface area contributed by atoms with Crippen molar-refractivity contribution in [3.63, 3.8) is 0 Å². The summed E-state index contributed by atoms with van der Waals surface area (Å²) >= 11 is 17.7. The fourth-order valence-electron chi connectivity index (χ4n) is 3.06. The lowest BCUT2D eigenvalue weighted by molar-refractivity contribution is 0.0949. The number of rotatable bonds is 2. The Morgan fingerprint density at radius 2 is 2.00 bits per heavy atom. The molecule has 0 saturated heterocycles. The molecule has 126 valence electrons. The fraction of sp³-hybridized carbons (Fsp3) is 0.533. The number of carbonyl (C=O) groups excluding carboxylic acids is 1. The zero-order chi connectivity index (χ0) is 17.4. The van der Waals surface area contributed by atoms with E-state index in [0.29, 0.717) is 5.92 Å². The van der Waals surface area contributed by atoms with Gasteiger partial charge in [0.15, 0.2) is 10.8 Å². The van der Waals surface area contributed by atoms with E-state index in [2.05, 4.69) is 36.3 Å². The number of nitrogens with zero attached hydrogens (tertiary/aromatic N) is 2. The van der Waals surface area contributed by atoms with Crippen LogP contribution in [0.4, 0.5) is 5.69 Å². The van der Waals surface area contributed by atoms with Crippen molar-refractivity contribution in [2.24, 2.45) is 16.4 Å². The summed E-state index contributed by atoms with van der Waals surface area (Å²) in [5.74, 6) is -0.0412. The quantitative estimate of drug-likeness (QED) is 0.586. The second kappa shape index (κ2) is 6.83. The number of halogens is 3. The van der Waals surface area contributed by atoms with Crippen molar-refractivity contribution in [2.75, 3.05) is 5.73 Å². The topological polar surface area (TPSA) is 80.4 Å². The Kier molecular flexibility index (Phi) is 5.44. The predicted octanol–water partition coefficient (Wildman–Crippen LogP) is 4.56. The van der Waals surface area contributed by atoms with Gasteiger partial charge in [0.1, 0.15) is 5.02 Å². The fourth-order valence-corrected chi connectivity index (χ4v) is 3.66. The van der Waals surface area contributed by atoms with Gasteiger partial charge in [0, 0.05) is 5.71 Å². The maximum atomic E-state index is 12.2. The largest absolute Gasteiger partial charge is 0.396 e. The summed E-state index contributed by atoms with van der Waals surface area (Å²) in [5, 5.41) is 4.16. The molecule has 0 aliphatic heterocycles. The third-order valence-electron chi connectivity index (χ3n) is 3.77. The molecule has 0 radical (unpaired) electrons. The molecular formula is C15H19Cl3N4O. The van der Waals surface area contributed by atoms with Crippen molar-refractivity contribution >= 4 is 52.1 Å². The minimum atomic E-state index is -0.566. The molecule has 3 N–H and O–H groups in total. The monoisotopic (exact) mass is 376 g/mol. The zero-order valence-corrected chi connectivity index (χ0v) is 15.5. The number of hydrogen-bond acceptors (Lipinski definition) is 4. The molecule has 23 heavy (non-hydrogen) atoms. The second-order valence-corrected chi connectivity index (χ2v) is 7.88. The van der Waals surface area contributed by atoms with Gasteiger partial charge < -0.3 is 5.73 Å². The standard InChI is InChI=1S/C15H19Cl3N4O/c1-7-4-8(6-15(2,3)5-7)21-22-14(23)12-9(16)11(19)10(17)13(18)20-12/h7H,4-6H2,1-3H3,(H2,19,20)(H,22,23)/b21-8-/t7-/m1/s1. The van der Waals surface area contributed by atoms with Crippen molar-refractivity contribution in [1.82, 2.24) is 10.4 Å². The molecule has 2 rings (SSSR count). The molecule has 5 nitrogen and oxygen atoms in total. The third kappa shape index (κ3) is 4.28. The van der Waals surface area contributed by atoms with Crippen LogP contribution < -0.4 is 11.2 Å². The molecule has 0 aromatic carbocycles. The summed E-state index contributed by atoms with van der Waals surface area (Å²) in [7, 11) is 0. The van der Waals surface area contributed by atoms with Crippen LogP contribution in [0.5, 0.6) is 0 Å². The molecule has 1 amide bonds. The molecule has 0 unspecified atom stereocenters. The lowest BCUT2D eigenvalue weighted by Gasteiger charge is -2.34. The molecule has 1 atom stereocenters. The number of hydrogen-bond donors (Lipinski definition) is 2. The molecule has 1 aliphatic carbocycles. The summed E-state index contributed by atoms with van der Waals surface area (Å²) in [4.78, 5) is 16.1. The number of aromatic nitrogens is 1. The maximum absolute atomic E-state index is 12.2. The van der Waals surface area contributed by atoms with Crippen LogP contribution >= 0.6 is 34.8 Å². The van der Waals surface area contributed by atoms with E-state index in [-0.39, 0.29) is 32.0 Å². The van der Waals surface area contributed by atoms with Crippen LogP contribution in [0.25, 0.3) is 0 Å². The molecule has 1 aliphatic rings. The normalized spacial score (nSPS) is 22.2. The number of hydrazone groups is 1. The van der Waals surface area contributed by atoms with Gasteiger partial charge in [-0.25, -0.2) is 10.4 Å². The first kappa shape index (κ1) is 18.3. The van der Waals surface area contributed by atoms with Crippen LogP contribution in [0, 0.1) is 11.3 Å². The molecule has 1 saturated carbocycles. The van der Waals surface area contributed by atoms with Gasteiger partial charge >= 0.3 is 0 Å². The smallest absolute Gasteiger partial charge is 0.291 e. The zero-order valence-electron chi connectivity index (χ0n) is 13.2. The van der Waals surface area contributed by atoms with Crippen molar-refractivity contribution in [3.8, 4) is 0 Å². The van der Waals surface area contributed by atoms with Gasteiger partial charge in [-0.05, 0) is 30.6 Å². The first-order valence-electron chi connectivity index (χ1n) is 7.26. The Balaban J connectivity index is 2.19. The average Bonchev–Trinajstić information content (AvgIpc) is 2.44. The van der Waals surface area contributed by atoms with Crippen molar-refractivity contribution in [3.05, 3.63) is 20.9 Å². The number of carbonyl (C=O) groups is 1. The molecule has 8 heteroatoms. The van der Waals surface area contributed by atoms with Gasteiger partial charge in [-0.2, -0.15) is 5.10 Å². The van der Waals surface area contributed by atoms with E-state index in [0.717, 1.165) is 25.0 Å². The van der Waals surface area contributed by atoms with Crippen LogP contribution in [-0.2, 0) is 0 Å². The summed E-state index contributed by atoms with van der Waals surface area (Å²) in [6.45, 7) is 6.56. The number of amides is 1. The molecular weight excluding hydrogens is 359 g/mol. The third-order valence-corrected chi connectivity index (χ3v) is 4.91. The molecule has 1 fully saturated rings. The Labute approximate surface area is 150 Å². The summed E-state index contributed by atoms with van der Waals surface area (Å²) in [6, 6.07) is 0. The molecule has 1 heterocycles. The number of nitrogens with two attached hydrogens (primary N) is 1. The van der Waals surface area contributed by atoms with E-state index in [4.69, 9.17) is 40.5 Å². The average molecular weight is 378 g/mol. The second-order valence-electron chi connectivity index (χ2n) is 6.77. The van der Waals surface area contributed by atoms with E-state index >= 15 is 0 Å². The highest BCUT2D eigenvalue weighted by atomic mass is 35.5. The van der Waals surface area contributed by atoms with E-state index in [9.17, 15) is 4.79 Å². The minimum absolute atomic E-state index is 0.0264. The van der Waals surface area contributed by atoms with Gasteiger partial charge in [-0.15, -0.1) is 0 Å². The number of pyridine rings is 1. The highest BCUT2D eigenvalue weighted by Gasteiger charge is 2.29. The van der Waals surface area contributed by atoms with Crippen molar-refractivity contribution < 1.29 is 4.79 Å². The SMILES string of the molecule is C[C@@H]1C/C(=N/NC(=O)c2nc(Cl)c(Cl)c(N)c2Cl)CC(C)(C)C1. The van der Waals surface area contributed by atoms with E-state index in [1.54, 1.807) is 0 Å². The van der Waals surface area contributed by atoms with E-state index in [1.165, 1.54) is 0 Å². The van der Waals surface area contributed by atoms with Crippen LogP contribution in [-0.4, -0.2) is 16.6 Å². The summed E-state index contributed by atoms with van der Waals surface area (Å²) in [5.41, 5.74) is 9.25. The summed E-state index contributed by atoms with van der Waals surface area (Å²) in [6.07, 6.45) is 2.83. The highest BCUT2D eigenvalue weighted by Crippen LogP contribution is 2.37. The lowest BCUT2D eigenvalue weighted by atomic mass is 9.72. The molecule has 0 spiro atoms. The number of anilines is 1. The Hall–Kier alpha value is -1.04. The first-order chi connectivity index (χ1) is 10.6. The predicted molar refractivity (Wildman–Crippen MR) is 95.4 cm³/mol. The van der Waals surface area contributed by atoms with Crippen LogP contribution in [0.2, 0.25) is 15.2 Å². The van der Waals surface area contributed by atoms with E-state index in [1.807, 2.05) is 0 Å². The lowest BCUT2D eigenvalue weighted by Crippen LogP contribution is -2.30. The molecule has 1 aromatic heterocycles. The van der Waals surface area contributed by atoms with E-state index < -0.39 is 5.91 Å². The van der Waals surface area contributed by atoms with Crippen LogP contribution in [0.3, 0.4) is 0 Å². The van der Waals surface area contributed by atoms with Crippen LogP contribution in [0.15, 0.2) is 5.10 Å². The van der Waals surface area contributed by atoms with Crippen LogP contribution in [0.1, 0.15) is 50.5 Å². The van der Waals surface area contributed by atoms with Crippen molar-refractivity contribution in [1.29, 1.82) is 0 Å². The number of nitrogen functional groups attached to an aromatic ring is 1. The highest BCUT2D eigenvalue weighted by molar-refractivity contribution is 6.46. The Morgan fingerprint density at radius 1 is 1.35 bits per heavy atom. The van der Waals surface area contributed by atoms with Gasteiger partial charge in [-0.1, -0.05) is 55.6 Å². The first-order valence-corrected chi connectivity index (χ1v) is 8.40.